The van der Waals surface area contributed by atoms with Crippen LogP contribution in [0.4, 0.5) is 0 Å². The van der Waals surface area contributed by atoms with Crippen molar-refractivity contribution < 1.29 is 19.1 Å². The smallest absolute Gasteiger partial charge is 0.329 e. The summed E-state index contributed by atoms with van der Waals surface area (Å²) in [6.07, 6.45) is 6.56. The Bertz CT molecular complexity index is 385. The van der Waals surface area contributed by atoms with E-state index in [0.717, 1.165) is 30.6 Å². The van der Waals surface area contributed by atoms with Crippen molar-refractivity contribution in [2.75, 3.05) is 0 Å². The fraction of sp³-hybridized carbons (Fsp3) is 0.667. The summed E-state index contributed by atoms with van der Waals surface area (Å²) in [5, 5.41) is 0. The zero-order valence-corrected chi connectivity index (χ0v) is 12.4. The fourth-order valence-corrected chi connectivity index (χ4v) is 2.19. The highest BCUT2D eigenvalue weighted by molar-refractivity contribution is 6.14. The molecule has 0 saturated carbocycles. The molecule has 0 spiro atoms. The van der Waals surface area contributed by atoms with Crippen LogP contribution in [0, 0.1) is 0 Å². The molecule has 0 N–H and O–H groups in total. The summed E-state index contributed by atoms with van der Waals surface area (Å²) in [6.45, 7) is 5.71. The molecule has 1 aliphatic heterocycles. The number of rotatable bonds is 8. The zero-order chi connectivity index (χ0) is 15.1. The summed E-state index contributed by atoms with van der Waals surface area (Å²) in [6, 6.07) is -0.821. The van der Waals surface area contributed by atoms with Gasteiger partial charge in [0.05, 0.1) is 6.10 Å². The van der Waals surface area contributed by atoms with E-state index in [1.807, 2.05) is 6.92 Å². The molecule has 0 bridgehead atoms. The van der Waals surface area contributed by atoms with Crippen LogP contribution < -0.4 is 0 Å². The van der Waals surface area contributed by atoms with Crippen LogP contribution in [-0.4, -0.2) is 34.8 Å². The first kappa shape index (κ1) is 16.4. The molecule has 5 heteroatoms. The van der Waals surface area contributed by atoms with Crippen molar-refractivity contribution in [3.63, 3.8) is 0 Å². The van der Waals surface area contributed by atoms with Crippen molar-refractivity contribution in [2.24, 2.45) is 0 Å². The molecule has 0 aliphatic carbocycles. The molecule has 2 atom stereocenters. The van der Waals surface area contributed by atoms with Crippen LogP contribution in [0.1, 0.15) is 52.9 Å². The molecule has 0 aromatic carbocycles. The van der Waals surface area contributed by atoms with Crippen molar-refractivity contribution in [2.45, 2.75) is 65.0 Å². The van der Waals surface area contributed by atoms with Gasteiger partial charge in [-0.2, -0.15) is 0 Å². The lowest BCUT2D eigenvalue weighted by Crippen LogP contribution is -2.46. The second kappa shape index (κ2) is 7.82. The summed E-state index contributed by atoms with van der Waals surface area (Å²) in [5.41, 5.74) is 0. The van der Waals surface area contributed by atoms with Crippen molar-refractivity contribution >= 4 is 17.8 Å². The van der Waals surface area contributed by atoms with E-state index in [1.54, 1.807) is 6.92 Å². The summed E-state index contributed by atoms with van der Waals surface area (Å²) in [4.78, 5) is 36.3. The minimum absolute atomic E-state index is 0.191. The van der Waals surface area contributed by atoms with Crippen LogP contribution in [0.2, 0.25) is 0 Å². The van der Waals surface area contributed by atoms with Gasteiger partial charge in [-0.05, 0) is 26.2 Å². The Hall–Kier alpha value is -1.65. The number of amides is 2. The molecular formula is C15H23NO4. The van der Waals surface area contributed by atoms with Gasteiger partial charge in [-0.3, -0.25) is 14.5 Å². The second-order valence-electron chi connectivity index (χ2n) is 5.05. The Kier molecular flexibility index (Phi) is 6.42. The van der Waals surface area contributed by atoms with Crippen LogP contribution in [-0.2, 0) is 19.1 Å². The molecule has 5 nitrogen and oxygen atoms in total. The molecule has 0 aromatic rings. The van der Waals surface area contributed by atoms with E-state index in [0.29, 0.717) is 6.42 Å². The van der Waals surface area contributed by atoms with Gasteiger partial charge >= 0.3 is 5.97 Å². The van der Waals surface area contributed by atoms with E-state index in [1.165, 1.54) is 12.2 Å². The fourth-order valence-electron chi connectivity index (χ4n) is 2.19. The minimum Gasteiger partial charge on any atom is -0.461 e. The number of carbonyl (C=O) groups is 3. The first-order valence-corrected chi connectivity index (χ1v) is 7.27. The maximum absolute atomic E-state index is 12.1. The molecule has 0 aromatic heterocycles. The molecule has 0 saturated heterocycles. The Morgan fingerprint density at radius 2 is 1.80 bits per heavy atom. The van der Waals surface area contributed by atoms with E-state index in [4.69, 9.17) is 4.74 Å². The third kappa shape index (κ3) is 4.18. The lowest BCUT2D eigenvalue weighted by molar-refractivity contribution is -0.161. The van der Waals surface area contributed by atoms with Gasteiger partial charge in [-0.1, -0.05) is 26.7 Å². The summed E-state index contributed by atoms with van der Waals surface area (Å²) >= 11 is 0. The number of imide groups is 1. The zero-order valence-electron chi connectivity index (χ0n) is 12.4. The number of hydrogen-bond donors (Lipinski definition) is 0. The SMILES string of the molecule is CCCCCC(C)OC(=O)C(CC)N1C(=O)C=CC1=O. The van der Waals surface area contributed by atoms with Crippen molar-refractivity contribution in [3.8, 4) is 0 Å². The third-order valence-electron chi connectivity index (χ3n) is 3.35. The Morgan fingerprint density at radius 1 is 1.20 bits per heavy atom. The van der Waals surface area contributed by atoms with E-state index < -0.39 is 23.8 Å². The lowest BCUT2D eigenvalue weighted by Gasteiger charge is -2.25. The first-order valence-electron chi connectivity index (χ1n) is 7.27. The summed E-state index contributed by atoms with van der Waals surface area (Å²) < 4.78 is 5.35. The van der Waals surface area contributed by atoms with Gasteiger partial charge in [0, 0.05) is 12.2 Å². The highest BCUT2D eigenvalue weighted by atomic mass is 16.5. The molecule has 2 amide bonds. The quantitative estimate of drug-likeness (QED) is 0.389. The predicted molar refractivity (Wildman–Crippen MR) is 74.8 cm³/mol. The van der Waals surface area contributed by atoms with Crippen LogP contribution in [0.15, 0.2) is 12.2 Å². The molecule has 1 rings (SSSR count). The van der Waals surface area contributed by atoms with Gasteiger partial charge in [0.15, 0.2) is 0 Å². The summed E-state index contributed by atoms with van der Waals surface area (Å²) in [5.74, 6) is -1.39. The maximum Gasteiger partial charge on any atom is 0.329 e. The number of ether oxygens (including phenoxy) is 1. The van der Waals surface area contributed by atoms with Crippen molar-refractivity contribution in [1.29, 1.82) is 0 Å². The predicted octanol–water partition coefficient (Wildman–Crippen LogP) is 2.20. The Morgan fingerprint density at radius 3 is 2.30 bits per heavy atom. The average Bonchev–Trinajstić information content (AvgIpc) is 2.72. The first-order chi connectivity index (χ1) is 9.51. The number of unbranched alkanes of at least 4 members (excludes halogenated alkanes) is 2. The number of carbonyl (C=O) groups excluding carboxylic acids is 3. The van der Waals surface area contributed by atoms with E-state index in [9.17, 15) is 14.4 Å². The topological polar surface area (TPSA) is 63.7 Å². The molecule has 20 heavy (non-hydrogen) atoms. The molecule has 1 aliphatic rings. The molecule has 0 fully saturated rings. The highest BCUT2D eigenvalue weighted by Gasteiger charge is 2.36. The van der Waals surface area contributed by atoms with E-state index >= 15 is 0 Å². The molecular weight excluding hydrogens is 258 g/mol. The van der Waals surface area contributed by atoms with E-state index in [2.05, 4.69) is 6.92 Å². The standard InChI is InChI=1S/C15H23NO4/c1-4-6-7-8-11(3)20-15(19)12(5-2)16-13(17)9-10-14(16)18/h9-12H,4-8H2,1-3H3. The maximum atomic E-state index is 12.1. The van der Waals surface area contributed by atoms with Gasteiger partial charge < -0.3 is 4.74 Å². The van der Waals surface area contributed by atoms with Crippen molar-refractivity contribution in [3.05, 3.63) is 12.2 Å². The third-order valence-corrected chi connectivity index (χ3v) is 3.35. The molecule has 2 unspecified atom stereocenters. The van der Waals surface area contributed by atoms with E-state index in [-0.39, 0.29) is 6.10 Å². The van der Waals surface area contributed by atoms with Gasteiger partial charge in [-0.25, -0.2) is 4.79 Å². The molecule has 112 valence electrons. The van der Waals surface area contributed by atoms with Crippen molar-refractivity contribution in [1.82, 2.24) is 4.90 Å². The van der Waals surface area contributed by atoms with Crippen LogP contribution in [0.5, 0.6) is 0 Å². The lowest BCUT2D eigenvalue weighted by atomic mass is 10.1. The number of nitrogens with zero attached hydrogens (tertiary/aromatic N) is 1. The van der Waals surface area contributed by atoms with Crippen LogP contribution in [0.3, 0.4) is 0 Å². The van der Waals surface area contributed by atoms with Gasteiger partial charge in [0.2, 0.25) is 0 Å². The molecule has 1 heterocycles. The Balaban J connectivity index is 2.55. The molecule has 0 radical (unpaired) electrons. The van der Waals surface area contributed by atoms with Gasteiger partial charge in [0.1, 0.15) is 6.04 Å². The largest absolute Gasteiger partial charge is 0.461 e. The second-order valence-corrected chi connectivity index (χ2v) is 5.05. The monoisotopic (exact) mass is 281 g/mol. The van der Waals surface area contributed by atoms with Gasteiger partial charge in [0.25, 0.3) is 11.8 Å². The van der Waals surface area contributed by atoms with Crippen LogP contribution in [0.25, 0.3) is 0 Å². The average molecular weight is 281 g/mol. The summed E-state index contributed by atoms with van der Waals surface area (Å²) in [7, 11) is 0. The number of esters is 1. The Labute approximate surface area is 120 Å². The number of hydrogen-bond acceptors (Lipinski definition) is 4. The van der Waals surface area contributed by atoms with Gasteiger partial charge in [-0.15, -0.1) is 0 Å². The highest BCUT2D eigenvalue weighted by Crippen LogP contribution is 2.15. The minimum atomic E-state index is -0.821. The normalized spacial score (nSPS) is 17.4. The van der Waals surface area contributed by atoms with Crippen LogP contribution >= 0.6 is 0 Å².